The van der Waals surface area contributed by atoms with E-state index in [1.54, 1.807) is 43.5 Å². The molecule has 0 fully saturated rings. The fourth-order valence-electron chi connectivity index (χ4n) is 2.92. The van der Waals surface area contributed by atoms with Gasteiger partial charge in [0.05, 0.1) is 12.6 Å². The summed E-state index contributed by atoms with van der Waals surface area (Å²) >= 11 is 1.09. The number of carbonyl (C=O) groups is 2. The Morgan fingerprint density at radius 2 is 1.97 bits per heavy atom. The number of amides is 1. The van der Waals surface area contributed by atoms with Crippen LogP contribution in [0.4, 0.5) is 5.69 Å². The molecule has 1 amide bonds. The number of nitrogens with one attached hydrogen (secondary N) is 1. The lowest BCUT2D eigenvalue weighted by Gasteiger charge is -2.06. The number of aromatic amines is 1. The highest BCUT2D eigenvalue weighted by Gasteiger charge is 2.31. The smallest absolute Gasteiger partial charge is 0.262 e. The van der Waals surface area contributed by atoms with Crippen molar-refractivity contribution in [2.24, 2.45) is 15.2 Å². The van der Waals surface area contributed by atoms with E-state index in [1.165, 1.54) is 0 Å². The zero-order valence-electron chi connectivity index (χ0n) is 15.3. The number of Topliss-reactive ketones (excluding diaryl/α,β-unsaturated/α-hetero) is 1. The van der Waals surface area contributed by atoms with Gasteiger partial charge in [-0.3, -0.25) is 9.59 Å². The van der Waals surface area contributed by atoms with E-state index in [9.17, 15) is 14.7 Å². The van der Waals surface area contributed by atoms with Crippen molar-refractivity contribution in [3.05, 3.63) is 54.1 Å². The van der Waals surface area contributed by atoms with Gasteiger partial charge < -0.3 is 14.8 Å². The number of aliphatic imine (C=N–C) groups is 1. The van der Waals surface area contributed by atoms with Gasteiger partial charge in [0.25, 0.3) is 5.91 Å². The maximum Gasteiger partial charge on any atom is 0.262 e. The van der Waals surface area contributed by atoms with Gasteiger partial charge in [-0.25, -0.2) is 0 Å². The number of ketones is 1. The maximum atomic E-state index is 12.4. The molecule has 2 heterocycles. The topological polar surface area (TPSA) is 116 Å². The monoisotopic (exact) mass is 408 g/mol. The first-order valence-electron chi connectivity index (χ1n) is 8.73. The highest BCUT2D eigenvalue weighted by atomic mass is 32.2. The zero-order valence-corrected chi connectivity index (χ0v) is 16.1. The number of hydrogen-bond acceptors (Lipinski definition) is 7. The normalized spacial score (nSPS) is 16.5. The Morgan fingerprint density at radius 1 is 1.21 bits per heavy atom. The molecule has 9 heteroatoms. The molecule has 2 N–H and O–H groups in total. The predicted molar refractivity (Wildman–Crippen MR) is 110 cm³/mol. The number of benzene rings is 2. The molecule has 4 rings (SSSR count). The molecule has 3 aromatic rings. The summed E-state index contributed by atoms with van der Waals surface area (Å²) in [4.78, 5) is 31.3. The third-order valence-corrected chi connectivity index (χ3v) is 5.44. The van der Waals surface area contributed by atoms with Crippen LogP contribution >= 0.6 is 11.8 Å². The summed E-state index contributed by atoms with van der Waals surface area (Å²) in [7, 11) is 1.55. The van der Waals surface area contributed by atoms with Crippen molar-refractivity contribution in [3.8, 4) is 11.6 Å². The van der Waals surface area contributed by atoms with Gasteiger partial charge in [-0.15, -0.1) is 10.2 Å². The Morgan fingerprint density at radius 3 is 2.72 bits per heavy atom. The molecule has 2 aromatic carbocycles. The second-order valence-corrected chi connectivity index (χ2v) is 7.43. The molecule has 0 spiro atoms. The van der Waals surface area contributed by atoms with Gasteiger partial charge in [0.1, 0.15) is 11.0 Å². The minimum atomic E-state index is -0.643. The number of H-pyrrole nitrogens is 1. The quantitative estimate of drug-likeness (QED) is 0.484. The van der Waals surface area contributed by atoms with Gasteiger partial charge >= 0.3 is 0 Å². The summed E-state index contributed by atoms with van der Waals surface area (Å²) in [6.45, 7) is 0. The second-order valence-electron chi connectivity index (χ2n) is 6.26. The van der Waals surface area contributed by atoms with Crippen molar-refractivity contribution in [2.75, 3.05) is 7.11 Å². The van der Waals surface area contributed by atoms with E-state index in [4.69, 9.17) is 4.74 Å². The Bertz CT molecular complexity index is 1150. The molecule has 0 radical (unpaired) electrons. The molecule has 0 saturated heterocycles. The van der Waals surface area contributed by atoms with Crippen molar-refractivity contribution in [2.45, 2.75) is 11.7 Å². The fraction of sp³-hybridized carbons (Fsp3) is 0.150. The highest BCUT2D eigenvalue weighted by molar-refractivity contribution is 8.15. The number of rotatable bonds is 5. The Kier molecular flexibility index (Phi) is 5.13. The fourth-order valence-corrected chi connectivity index (χ4v) is 3.79. The molecular weight excluding hydrogens is 392 g/mol. The lowest BCUT2D eigenvalue weighted by Crippen LogP contribution is -2.16. The number of fused-ring (bicyclic) bond motifs is 1. The van der Waals surface area contributed by atoms with E-state index in [0.29, 0.717) is 16.7 Å². The molecule has 0 bridgehead atoms. The minimum absolute atomic E-state index is 0.0106. The van der Waals surface area contributed by atoms with Gasteiger partial charge in [0.2, 0.25) is 11.0 Å². The lowest BCUT2D eigenvalue weighted by atomic mass is 10.1. The van der Waals surface area contributed by atoms with Gasteiger partial charge in [-0.1, -0.05) is 30.0 Å². The highest BCUT2D eigenvalue weighted by Crippen LogP contribution is 2.36. The van der Waals surface area contributed by atoms with Crippen LogP contribution in [0.5, 0.6) is 11.6 Å². The summed E-state index contributed by atoms with van der Waals surface area (Å²) in [5.41, 5.74) is 1.49. The SMILES string of the molecule is COc1ccc(C(=O)CC2SC(N=Nc3c(O)[nH]c4ccccc34)=NC2=O)cc1. The van der Waals surface area contributed by atoms with Crippen molar-refractivity contribution in [1.29, 1.82) is 0 Å². The Hall–Kier alpha value is -3.46. The molecule has 1 aromatic heterocycles. The molecule has 8 nitrogen and oxygen atoms in total. The van der Waals surface area contributed by atoms with Crippen LogP contribution in [0, 0.1) is 0 Å². The van der Waals surface area contributed by atoms with Crippen molar-refractivity contribution in [3.63, 3.8) is 0 Å². The van der Waals surface area contributed by atoms with E-state index in [0.717, 1.165) is 17.3 Å². The standard InChI is InChI=1S/C20H16N4O4S/c1-28-12-8-6-11(7-9-12)15(25)10-16-18(26)22-20(29-16)24-23-17-13-4-2-3-5-14(13)21-19(17)27/h2-9,16,21,27H,10H2,1H3. The number of thioether (sulfide) groups is 1. The first-order valence-corrected chi connectivity index (χ1v) is 9.61. The van der Waals surface area contributed by atoms with Gasteiger partial charge in [0.15, 0.2) is 11.5 Å². The Balaban J connectivity index is 1.44. The number of hydrogen-bond donors (Lipinski definition) is 2. The average molecular weight is 408 g/mol. The first kappa shape index (κ1) is 18.9. The van der Waals surface area contributed by atoms with Crippen LogP contribution in [-0.4, -0.2) is 39.3 Å². The first-order chi connectivity index (χ1) is 14.0. The van der Waals surface area contributed by atoms with Crippen molar-refractivity contribution in [1.82, 2.24) is 4.98 Å². The molecule has 29 heavy (non-hydrogen) atoms. The molecule has 146 valence electrons. The second kappa shape index (κ2) is 7.88. The average Bonchev–Trinajstić information content (AvgIpc) is 3.24. The van der Waals surface area contributed by atoms with E-state index in [1.807, 2.05) is 12.1 Å². The van der Waals surface area contributed by atoms with E-state index >= 15 is 0 Å². The van der Waals surface area contributed by atoms with E-state index in [2.05, 4.69) is 20.2 Å². The predicted octanol–water partition coefficient (Wildman–Crippen LogP) is 4.24. The molecule has 1 aliphatic rings. The summed E-state index contributed by atoms with van der Waals surface area (Å²) in [6, 6.07) is 14.0. The Labute approximate surface area is 169 Å². The number of amidine groups is 1. The number of ether oxygens (including phenoxy) is 1. The number of aromatic nitrogens is 1. The number of nitrogens with zero attached hydrogens (tertiary/aromatic N) is 3. The van der Waals surface area contributed by atoms with Gasteiger partial charge in [0, 0.05) is 17.4 Å². The van der Waals surface area contributed by atoms with Crippen LogP contribution in [0.15, 0.2) is 63.8 Å². The number of methoxy groups -OCH3 is 1. The van der Waals surface area contributed by atoms with E-state index < -0.39 is 11.2 Å². The van der Waals surface area contributed by atoms with Gasteiger partial charge in [-0.2, -0.15) is 4.99 Å². The summed E-state index contributed by atoms with van der Waals surface area (Å²) < 4.78 is 5.08. The van der Waals surface area contributed by atoms with Crippen LogP contribution < -0.4 is 4.74 Å². The third-order valence-electron chi connectivity index (χ3n) is 4.41. The molecule has 1 unspecified atom stereocenters. The van der Waals surface area contributed by atoms with Crippen LogP contribution in [-0.2, 0) is 4.79 Å². The zero-order chi connectivity index (χ0) is 20.4. The van der Waals surface area contributed by atoms with Crippen molar-refractivity contribution >= 4 is 45.2 Å². The number of azo groups is 1. The lowest BCUT2D eigenvalue weighted by molar-refractivity contribution is -0.117. The van der Waals surface area contributed by atoms with Crippen molar-refractivity contribution < 1.29 is 19.4 Å². The maximum absolute atomic E-state index is 12.4. The molecule has 0 saturated carbocycles. The van der Waals surface area contributed by atoms with Crippen LogP contribution in [0.1, 0.15) is 16.8 Å². The van der Waals surface area contributed by atoms with Crippen LogP contribution in [0.2, 0.25) is 0 Å². The van der Waals surface area contributed by atoms with Crippen LogP contribution in [0.25, 0.3) is 10.9 Å². The summed E-state index contributed by atoms with van der Waals surface area (Å²) in [5, 5.41) is 18.3. The number of para-hydroxylation sites is 1. The largest absolute Gasteiger partial charge is 0.497 e. The number of carbonyl (C=O) groups excluding carboxylic acids is 2. The van der Waals surface area contributed by atoms with Crippen LogP contribution in [0.3, 0.4) is 0 Å². The molecular formula is C20H16N4O4S. The third kappa shape index (κ3) is 3.90. The van der Waals surface area contributed by atoms with E-state index in [-0.39, 0.29) is 28.9 Å². The summed E-state index contributed by atoms with van der Waals surface area (Å²) in [6.07, 6.45) is 0.0106. The molecule has 0 aliphatic carbocycles. The minimum Gasteiger partial charge on any atom is -0.497 e. The summed E-state index contributed by atoms with van der Waals surface area (Å²) in [5.74, 6) is -0.0503. The van der Waals surface area contributed by atoms with Gasteiger partial charge in [-0.05, 0) is 30.3 Å². The molecule has 1 aliphatic heterocycles. The number of aromatic hydroxyl groups is 1. The molecule has 1 atom stereocenters.